The van der Waals surface area contributed by atoms with Gasteiger partial charge in [0.1, 0.15) is 6.07 Å². The summed E-state index contributed by atoms with van der Waals surface area (Å²) in [6, 6.07) is 16.5. The van der Waals surface area contributed by atoms with Crippen LogP contribution < -0.4 is 5.32 Å². The van der Waals surface area contributed by atoms with Crippen molar-refractivity contribution in [1.82, 2.24) is 5.32 Å². The monoisotopic (exact) mass is 360 g/mol. The lowest BCUT2D eigenvalue weighted by molar-refractivity contribution is 0.675. The van der Waals surface area contributed by atoms with E-state index in [0.717, 1.165) is 44.9 Å². The molecule has 21 heavy (non-hydrogen) atoms. The summed E-state index contributed by atoms with van der Waals surface area (Å²) in [6.45, 7) is 3.95. The summed E-state index contributed by atoms with van der Waals surface area (Å²) in [7, 11) is 0. The first kappa shape index (κ1) is 16.1. The summed E-state index contributed by atoms with van der Waals surface area (Å²) in [5, 5.41) is 12.7. The average molecular weight is 361 g/mol. The Labute approximate surface area is 138 Å². The lowest BCUT2D eigenvalue weighted by Gasteiger charge is -2.08. The Morgan fingerprint density at radius 3 is 2.62 bits per heavy atom. The molecule has 0 aromatic heterocycles. The van der Waals surface area contributed by atoms with Crippen molar-refractivity contribution in [2.24, 2.45) is 0 Å². The zero-order valence-electron chi connectivity index (χ0n) is 11.9. The van der Waals surface area contributed by atoms with Gasteiger partial charge in [0.05, 0.1) is 5.56 Å². The van der Waals surface area contributed by atoms with Gasteiger partial charge in [-0.1, -0.05) is 40.7 Å². The van der Waals surface area contributed by atoms with Gasteiger partial charge in [-0.3, -0.25) is 0 Å². The van der Waals surface area contributed by atoms with Crippen LogP contribution >= 0.6 is 27.7 Å². The maximum atomic E-state index is 9.35. The fourth-order valence-electron chi connectivity index (χ4n) is 1.90. The van der Waals surface area contributed by atoms with Crippen LogP contribution in [0.2, 0.25) is 0 Å². The number of nitrogens with one attached hydrogen (secondary N) is 1. The van der Waals surface area contributed by atoms with E-state index in [-0.39, 0.29) is 0 Å². The van der Waals surface area contributed by atoms with Crippen molar-refractivity contribution in [3.05, 3.63) is 58.1 Å². The quantitative estimate of drug-likeness (QED) is 0.738. The van der Waals surface area contributed by atoms with E-state index in [1.165, 1.54) is 0 Å². The number of benzene rings is 2. The first-order valence-electron chi connectivity index (χ1n) is 6.90. The first-order chi connectivity index (χ1) is 10.2. The van der Waals surface area contributed by atoms with Gasteiger partial charge >= 0.3 is 0 Å². The molecule has 0 amide bonds. The fraction of sp³-hybridized carbons (Fsp3) is 0.235. The highest BCUT2D eigenvalue weighted by molar-refractivity contribution is 9.10. The van der Waals surface area contributed by atoms with E-state index >= 15 is 0 Å². The van der Waals surface area contributed by atoms with Crippen LogP contribution in [0.15, 0.2) is 56.7 Å². The van der Waals surface area contributed by atoms with Gasteiger partial charge in [0.15, 0.2) is 0 Å². The van der Waals surface area contributed by atoms with Crippen molar-refractivity contribution in [2.45, 2.75) is 29.7 Å². The molecule has 2 rings (SSSR count). The average Bonchev–Trinajstić information content (AvgIpc) is 2.51. The van der Waals surface area contributed by atoms with E-state index in [1.54, 1.807) is 11.8 Å². The van der Waals surface area contributed by atoms with Gasteiger partial charge in [-0.2, -0.15) is 5.26 Å². The Hall–Kier alpha value is -1.28. The molecule has 0 unspecified atom stereocenters. The Morgan fingerprint density at radius 2 is 1.95 bits per heavy atom. The largest absolute Gasteiger partial charge is 0.313 e. The van der Waals surface area contributed by atoms with E-state index in [0.29, 0.717) is 0 Å². The number of hydrogen-bond acceptors (Lipinski definition) is 3. The molecule has 0 atom stereocenters. The highest BCUT2D eigenvalue weighted by Crippen LogP contribution is 2.31. The van der Waals surface area contributed by atoms with Gasteiger partial charge < -0.3 is 5.32 Å². The van der Waals surface area contributed by atoms with E-state index < -0.39 is 0 Å². The van der Waals surface area contributed by atoms with Gasteiger partial charge in [-0.05, 0) is 54.9 Å². The van der Waals surface area contributed by atoms with E-state index in [2.05, 4.69) is 40.3 Å². The second-order valence-corrected chi connectivity index (χ2v) is 6.71. The Bertz CT molecular complexity index is 632. The molecule has 1 N–H and O–H groups in total. The molecule has 0 spiro atoms. The molecule has 108 valence electrons. The lowest BCUT2D eigenvalue weighted by Crippen LogP contribution is -2.13. The Kier molecular flexibility index (Phi) is 6.31. The van der Waals surface area contributed by atoms with Crippen LogP contribution in [-0.2, 0) is 6.54 Å². The number of halogens is 1. The van der Waals surface area contributed by atoms with Gasteiger partial charge in [-0.25, -0.2) is 0 Å². The highest BCUT2D eigenvalue weighted by atomic mass is 79.9. The zero-order valence-corrected chi connectivity index (χ0v) is 14.3. The molecule has 0 radical (unpaired) electrons. The molecular weight excluding hydrogens is 344 g/mol. The summed E-state index contributed by atoms with van der Waals surface area (Å²) >= 11 is 5.05. The number of rotatable bonds is 6. The number of nitrogens with zero attached hydrogens (tertiary/aromatic N) is 1. The van der Waals surface area contributed by atoms with Crippen LogP contribution in [0.3, 0.4) is 0 Å². The van der Waals surface area contributed by atoms with Crippen LogP contribution in [0.4, 0.5) is 0 Å². The zero-order chi connectivity index (χ0) is 15.1. The summed E-state index contributed by atoms with van der Waals surface area (Å²) in [5.74, 6) is 0. The maximum Gasteiger partial charge on any atom is 0.100 e. The SMILES string of the molecule is CCCNCc1ccc(Sc2ccc(Br)cc2)c(C#N)c1. The van der Waals surface area contributed by atoms with Crippen LogP contribution in [0.1, 0.15) is 24.5 Å². The molecule has 0 saturated heterocycles. The fourth-order valence-corrected chi connectivity index (χ4v) is 3.04. The van der Waals surface area contributed by atoms with E-state index in [9.17, 15) is 5.26 Å². The third-order valence-electron chi connectivity index (χ3n) is 2.96. The van der Waals surface area contributed by atoms with E-state index in [1.807, 2.05) is 36.4 Å². The summed E-state index contributed by atoms with van der Waals surface area (Å²) in [5.41, 5.74) is 1.89. The summed E-state index contributed by atoms with van der Waals surface area (Å²) in [4.78, 5) is 2.13. The smallest absolute Gasteiger partial charge is 0.100 e. The predicted octanol–water partition coefficient (Wildman–Crippen LogP) is 4.97. The van der Waals surface area contributed by atoms with Crippen molar-refractivity contribution in [1.29, 1.82) is 5.26 Å². The standard InChI is InChI=1S/C17H17BrN2S/c1-2-9-20-12-13-3-8-17(14(10-13)11-19)21-16-6-4-15(18)5-7-16/h3-8,10,20H,2,9,12H2,1H3. The predicted molar refractivity (Wildman–Crippen MR) is 91.4 cm³/mol. The minimum absolute atomic E-state index is 0.735. The topological polar surface area (TPSA) is 35.8 Å². The van der Waals surface area contributed by atoms with Crippen molar-refractivity contribution in [3.8, 4) is 6.07 Å². The van der Waals surface area contributed by atoms with Crippen LogP contribution in [0.25, 0.3) is 0 Å². The van der Waals surface area contributed by atoms with Crippen LogP contribution in [-0.4, -0.2) is 6.54 Å². The first-order valence-corrected chi connectivity index (χ1v) is 8.51. The van der Waals surface area contributed by atoms with Gasteiger partial charge in [0.2, 0.25) is 0 Å². The molecule has 2 aromatic rings. The summed E-state index contributed by atoms with van der Waals surface area (Å²) in [6.07, 6.45) is 1.11. The molecule has 0 aliphatic carbocycles. The minimum atomic E-state index is 0.735. The molecule has 0 heterocycles. The molecule has 4 heteroatoms. The molecule has 0 bridgehead atoms. The highest BCUT2D eigenvalue weighted by Gasteiger charge is 2.06. The van der Waals surface area contributed by atoms with E-state index in [4.69, 9.17) is 0 Å². The van der Waals surface area contributed by atoms with Crippen molar-refractivity contribution in [2.75, 3.05) is 6.54 Å². The lowest BCUT2D eigenvalue weighted by atomic mass is 10.1. The molecule has 2 nitrogen and oxygen atoms in total. The van der Waals surface area contributed by atoms with Crippen molar-refractivity contribution in [3.63, 3.8) is 0 Å². The van der Waals surface area contributed by atoms with Gasteiger partial charge in [-0.15, -0.1) is 0 Å². The van der Waals surface area contributed by atoms with Crippen LogP contribution in [0, 0.1) is 11.3 Å². The Balaban J connectivity index is 2.12. The van der Waals surface area contributed by atoms with Crippen molar-refractivity contribution >= 4 is 27.7 Å². The number of nitriles is 1. The molecule has 0 aliphatic rings. The number of hydrogen-bond donors (Lipinski definition) is 1. The van der Waals surface area contributed by atoms with Gasteiger partial charge in [0, 0.05) is 20.8 Å². The molecule has 2 aromatic carbocycles. The second kappa shape index (κ2) is 8.23. The van der Waals surface area contributed by atoms with Gasteiger partial charge in [0.25, 0.3) is 0 Å². The molecule has 0 fully saturated rings. The molecule has 0 aliphatic heterocycles. The maximum absolute atomic E-state index is 9.35. The third-order valence-corrected chi connectivity index (χ3v) is 4.57. The van der Waals surface area contributed by atoms with Crippen LogP contribution in [0.5, 0.6) is 0 Å². The minimum Gasteiger partial charge on any atom is -0.313 e. The second-order valence-electron chi connectivity index (χ2n) is 4.68. The normalized spacial score (nSPS) is 10.3. The molecular formula is C17H17BrN2S. The third kappa shape index (κ3) is 4.89. The molecule has 0 saturated carbocycles. The Morgan fingerprint density at radius 1 is 1.19 bits per heavy atom. The summed E-state index contributed by atoms with van der Waals surface area (Å²) < 4.78 is 1.06. The van der Waals surface area contributed by atoms with Crippen molar-refractivity contribution < 1.29 is 0 Å².